The number of amides is 1. The minimum Gasteiger partial charge on any atom is -0.451 e. The van der Waals surface area contributed by atoms with E-state index in [1.807, 2.05) is 24.3 Å². The molecule has 148 valence electrons. The summed E-state index contributed by atoms with van der Waals surface area (Å²) in [5.74, 6) is -1.26. The van der Waals surface area contributed by atoms with E-state index in [0.29, 0.717) is 11.8 Å². The number of pyridine rings is 1. The number of benzene rings is 1. The topological polar surface area (TPSA) is 59.5 Å². The molecule has 3 rings (SSSR count). The number of carbonyl (C=O) groups is 2. The van der Waals surface area contributed by atoms with Crippen molar-refractivity contribution in [1.29, 1.82) is 0 Å². The summed E-state index contributed by atoms with van der Waals surface area (Å²) in [5, 5.41) is -0.161. The van der Waals surface area contributed by atoms with E-state index in [1.54, 1.807) is 16.7 Å². The lowest BCUT2D eigenvalue weighted by molar-refractivity contribution is -0.121. The first-order valence-corrected chi connectivity index (χ1v) is 10.6. The first kappa shape index (κ1) is 21.5. The number of fused-ring (bicyclic) bond motifs is 1. The highest BCUT2D eigenvalue weighted by atomic mass is 35.5. The third kappa shape index (κ3) is 4.52. The second-order valence-electron chi connectivity index (χ2n) is 6.00. The molecular formula is C18H14Cl4N2O3S. The van der Waals surface area contributed by atoms with Crippen LogP contribution in [0.5, 0.6) is 0 Å². The van der Waals surface area contributed by atoms with E-state index in [1.165, 1.54) is 0 Å². The van der Waals surface area contributed by atoms with Gasteiger partial charge in [0.15, 0.2) is 12.3 Å². The van der Waals surface area contributed by atoms with E-state index in [-0.39, 0.29) is 31.8 Å². The van der Waals surface area contributed by atoms with Crippen molar-refractivity contribution in [3.63, 3.8) is 0 Å². The summed E-state index contributed by atoms with van der Waals surface area (Å²) in [6.45, 7) is 2.17. The number of hydrogen-bond acceptors (Lipinski definition) is 5. The average Bonchev–Trinajstić information content (AvgIpc) is 2.85. The molecular weight excluding hydrogens is 466 g/mol. The van der Waals surface area contributed by atoms with Crippen LogP contribution in [0.2, 0.25) is 20.2 Å². The summed E-state index contributed by atoms with van der Waals surface area (Å²) < 4.78 is 5.11. The molecule has 0 saturated carbocycles. The van der Waals surface area contributed by atoms with Crippen molar-refractivity contribution in [2.24, 2.45) is 0 Å². The molecule has 0 N–H and O–H groups in total. The van der Waals surface area contributed by atoms with Gasteiger partial charge in [-0.1, -0.05) is 65.5 Å². The first-order chi connectivity index (χ1) is 13.3. The van der Waals surface area contributed by atoms with Crippen LogP contribution in [-0.2, 0) is 9.53 Å². The molecule has 5 nitrogen and oxygen atoms in total. The van der Waals surface area contributed by atoms with Crippen molar-refractivity contribution in [3.8, 4) is 0 Å². The first-order valence-electron chi connectivity index (χ1n) is 8.22. The number of carbonyl (C=O) groups excluding carboxylic acids is 2. The predicted molar refractivity (Wildman–Crippen MR) is 113 cm³/mol. The Morgan fingerprint density at radius 2 is 1.89 bits per heavy atom. The van der Waals surface area contributed by atoms with Gasteiger partial charge in [0.05, 0.1) is 20.8 Å². The van der Waals surface area contributed by atoms with Crippen LogP contribution in [-0.4, -0.2) is 35.3 Å². The van der Waals surface area contributed by atoms with Crippen molar-refractivity contribution in [3.05, 3.63) is 50.2 Å². The highest BCUT2D eigenvalue weighted by Gasteiger charge is 2.26. The van der Waals surface area contributed by atoms with Crippen LogP contribution >= 0.6 is 58.2 Å². The van der Waals surface area contributed by atoms with Gasteiger partial charge in [0.25, 0.3) is 5.91 Å². The average molecular weight is 480 g/mol. The molecule has 0 aliphatic carbocycles. The van der Waals surface area contributed by atoms with Gasteiger partial charge in [-0.25, -0.2) is 9.78 Å². The number of thioether (sulfide) groups is 1. The molecule has 1 aliphatic heterocycles. The lowest BCUT2D eigenvalue weighted by atomic mass is 10.2. The molecule has 2 heterocycles. The van der Waals surface area contributed by atoms with E-state index in [9.17, 15) is 9.59 Å². The van der Waals surface area contributed by atoms with Gasteiger partial charge in [0.1, 0.15) is 5.15 Å². The number of para-hydroxylation sites is 1. The number of halogens is 4. The van der Waals surface area contributed by atoms with Crippen LogP contribution in [0, 0.1) is 0 Å². The summed E-state index contributed by atoms with van der Waals surface area (Å²) in [7, 11) is 0. The molecule has 0 fully saturated rings. The van der Waals surface area contributed by atoms with Crippen LogP contribution in [0.4, 0.5) is 5.69 Å². The molecule has 28 heavy (non-hydrogen) atoms. The zero-order valence-corrected chi connectivity index (χ0v) is 18.4. The molecule has 0 radical (unpaired) electrons. The summed E-state index contributed by atoms with van der Waals surface area (Å²) in [4.78, 5) is 31.5. The van der Waals surface area contributed by atoms with Crippen LogP contribution in [0.1, 0.15) is 23.8 Å². The summed E-state index contributed by atoms with van der Waals surface area (Å²) in [5.41, 5.74) is 0.501. The van der Waals surface area contributed by atoms with Crippen molar-refractivity contribution in [2.45, 2.75) is 23.5 Å². The van der Waals surface area contributed by atoms with Crippen molar-refractivity contribution >= 4 is 75.7 Å². The second kappa shape index (κ2) is 9.09. The van der Waals surface area contributed by atoms with Gasteiger partial charge in [-0.3, -0.25) is 4.79 Å². The van der Waals surface area contributed by atoms with E-state index < -0.39 is 12.6 Å². The third-order valence-electron chi connectivity index (χ3n) is 4.05. The molecule has 2 aromatic rings. The lowest BCUT2D eigenvalue weighted by Gasteiger charge is -2.22. The molecule has 1 aliphatic rings. The summed E-state index contributed by atoms with van der Waals surface area (Å²) in [6, 6.07) is 7.63. The van der Waals surface area contributed by atoms with Crippen molar-refractivity contribution in [2.75, 3.05) is 18.1 Å². The van der Waals surface area contributed by atoms with Crippen molar-refractivity contribution in [1.82, 2.24) is 4.98 Å². The zero-order valence-electron chi connectivity index (χ0n) is 14.5. The van der Waals surface area contributed by atoms with Gasteiger partial charge < -0.3 is 9.64 Å². The number of nitrogens with zero attached hydrogens (tertiary/aromatic N) is 2. The largest absolute Gasteiger partial charge is 0.451 e. The number of esters is 1. The molecule has 1 aromatic carbocycles. The maximum absolute atomic E-state index is 12.7. The number of rotatable bonds is 3. The molecule has 0 spiro atoms. The number of anilines is 1. The molecule has 1 aromatic heterocycles. The molecule has 0 saturated heterocycles. The minimum absolute atomic E-state index is 0.0613. The SMILES string of the molecule is C[C@@H]1CCN(C(=O)COC(=O)c2nc(Cl)c(Cl)c(Cl)c2Cl)c2ccccc2S1. The number of aromatic nitrogens is 1. The molecule has 0 unspecified atom stereocenters. The third-order valence-corrected chi connectivity index (χ3v) is 6.96. The van der Waals surface area contributed by atoms with Gasteiger partial charge in [0, 0.05) is 16.7 Å². The normalized spacial score (nSPS) is 16.3. The maximum atomic E-state index is 12.7. The van der Waals surface area contributed by atoms with Crippen LogP contribution in [0.3, 0.4) is 0 Å². The number of ether oxygens (including phenoxy) is 1. The molecule has 0 bridgehead atoms. The fourth-order valence-electron chi connectivity index (χ4n) is 2.64. The molecule has 1 amide bonds. The fourth-order valence-corrected chi connectivity index (χ4v) is 4.56. The Balaban J connectivity index is 1.75. The Morgan fingerprint density at radius 3 is 2.64 bits per heavy atom. The standard InChI is InChI=1S/C18H14Cl4N2O3S/c1-9-6-7-24(10-4-2-3-5-11(10)28-9)12(25)8-27-18(26)16-14(20)13(19)15(21)17(22)23-16/h2-5,9H,6-8H2,1H3/t9-/m1/s1. The smallest absolute Gasteiger partial charge is 0.359 e. The summed E-state index contributed by atoms with van der Waals surface area (Å²) in [6.07, 6.45) is 0.814. The maximum Gasteiger partial charge on any atom is 0.359 e. The van der Waals surface area contributed by atoms with Gasteiger partial charge in [-0.15, -0.1) is 11.8 Å². The van der Waals surface area contributed by atoms with Gasteiger partial charge in [-0.05, 0) is 18.6 Å². The van der Waals surface area contributed by atoms with Gasteiger partial charge >= 0.3 is 5.97 Å². The summed E-state index contributed by atoms with van der Waals surface area (Å²) >= 11 is 25.3. The van der Waals surface area contributed by atoms with E-state index in [2.05, 4.69) is 11.9 Å². The Morgan fingerprint density at radius 1 is 1.18 bits per heavy atom. The van der Waals surface area contributed by atoms with Crippen LogP contribution in [0.25, 0.3) is 0 Å². The predicted octanol–water partition coefficient (Wildman–Crippen LogP) is 5.77. The van der Waals surface area contributed by atoms with E-state index in [0.717, 1.165) is 17.0 Å². The Bertz CT molecular complexity index is 941. The monoisotopic (exact) mass is 478 g/mol. The quantitative estimate of drug-likeness (QED) is 0.413. The minimum atomic E-state index is -0.912. The Kier molecular flexibility index (Phi) is 6.99. The van der Waals surface area contributed by atoms with E-state index >= 15 is 0 Å². The lowest BCUT2D eigenvalue weighted by Crippen LogP contribution is -2.36. The second-order valence-corrected chi connectivity index (χ2v) is 8.97. The molecule has 1 atom stereocenters. The van der Waals surface area contributed by atoms with Crippen LogP contribution < -0.4 is 4.90 Å². The molecule has 10 heteroatoms. The van der Waals surface area contributed by atoms with Gasteiger partial charge in [-0.2, -0.15) is 0 Å². The Hall–Kier alpha value is -1.18. The van der Waals surface area contributed by atoms with Crippen LogP contribution in [0.15, 0.2) is 29.2 Å². The van der Waals surface area contributed by atoms with E-state index in [4.69, 9.17) is 51.1 Å². The van der Waals surface area contributed by atoms with Gasteiger partial charge in [0.2, 0.25) is 0 Å². The highest BCUT2D eigenvalue weighted by Crippen LogP contribution is 2.38. The number of hydrogen-bond donors (Lipinski definition) is 0. The van der Waals surface area contributed by atoms with Crippen molar-refractivity contribution < 1.29 is 14.3 Å². The Labute approximate surface area is 186 Å². The zero-order chi connectivity index (χ0) is 20.4. The highest BCUT2D eigenvalue weighted by molar-refractivity contribution is 8.00. The fraction of sp³-hybridized carbons (Fsp3) is 0.278.